The lowest BCUT2D eigenvalue weighted by atomic mass is 10.1. The van der Waals surface area contributed by atoms with Crippen molar-refractivity contribution in [3.05, 3.63) is 29.8 Å². The summed E-state index contributed by atoms with van der Waals surface area (Å²) in [6, 6.07) is 5.13. The number of carboxylic acid groups (broad SMARTS) is 1. The van der Waals surface area contributed by atoms with Crippen molar-refractivity contribution in [2.75, 3.05) is 4.90 Å². The van der Waals surface area contributed by atoms with Crippen LogP contribution >= 0.6 is 0 Å². The normalized spacial score (nSPS) is 18.3. The van der Waals surface area contributed by atoms with Gasteiger partial charge < -0.3 is 10.0 Å². The molecule has 7 heteroatoms. The topological polar surface area (TPSA) is 57.6 Å². The molecular formula is C12H10F3NO3. The standard InChI is InChI=1S/C12H10F3NO3/c13-12(14,15)11(19)16-8(6-10(17)18)5-7-3-1-2-4-9(7)16/h1-4,8H,5-6H2,(H,17,18)/t8-/m0/s1. The number of fused-ring (bicyclic) bond motifs is 1. The van der Waals surface area contributed by atoms with Gasteiger partial charge in [0.1, 0.15) is 0 Å². The van der Waals surface area contributed by atoms with E-state index in [1.54, 1.807) is 12.1 Å². The van der Waals surface area contributed by atoms with E-state index in [4.69, 9.17) is 5.11 Å². The van der Waals surface area contributed by atoms with Gasteiger partial charge in [-0.1, -0.05) is 18.2 Å². The number of rotatable bonds is 2. The molecule has 1 aromatic rings. The number of alkyl halides is 3. The molecule has 1 N–H and O–H groups in total. The Balaban J connectivity index is 2.39. The highest BCUT2D eigenvalue weighted by Crippen LogP contribution is 2.36. The second-order valence-electron chi connectivity index (χ2n) is 4.26. The third-order valence-corrected chi connectivity index (χ3v) is 2.94. The van der Waals surface area contributed by atoms with Crippen molar-refractivity contribution in [1.29, 1.82) is 0 Å². The first kappa shape index (κ1) is 13.4. The number of anilines is 1. The van der Waals surface area contributed by atoms with Gasteiger partial charge in [0.25, 0.3) is 0 Å². The molecule has 0 unspecified atom stereocenters. The minimum absolute atomic E-state index is 0.115. The summed E-state index contributed by atoms with van der Waals surface area (Å²) in [5.41, 5.74) is 0.683. The van der Waals surface area contributed by atoms with E-state index in [9.17, 15) is 22.8 Å². The number of carboxylic acids is 1. The lowest BCUT2D eigenvalue weighted by Crippen LogP contribution is -2.46. The maximum Gasteiger partial charge on any atom is 0.471 e. The summed E-state index contributed by atoms with van der Waals surface area (Å²) in [6.07, 6.45) is -5.42. The number of carbonyl (C=O) groups excluding carboxylic acids is 1. The fourth-order valence-corrected chi connectivity index (χ4v) is 2.24. The summed E-state index contributed by atoms with van der Waals surface area (Å²) >= 11 is 0. The lowest BCUT2D eigenvalue weighted by Gasteiger charge is -2.25. The largest absolute Gasteiger partial charge is 0.481 e. The molecule has 1 aliphatic heterocycles. The second kappa shape index (κ2) is 4.56. The zero-order valence-electron chi connectivity index (χ0n) is 9.65. The zero-order chi connectivity index (χ0) is 14.2. The van der Waals surface area contributed by atoms with E-state index in [1.165, 1.54) is 12.1 Å². The monoisotopic (exact) mass is 273 g/mol. The van der Waals surface area contributed by atoms with Crippen LogP contribution < -0.4 is 4.90 Å². The van der Waals surface area contributed by atoms with Crippen molar-refractivity contribution in [2.45, 2.75) is 25.1 Å². The molecule has 2 rings (SSSR count). The lowest BCUT2D eigenvalue weighted by molar-refractivity contribution is -0.171. The first-order chi connectivity index (χ1) is 8.80. The summed E-state index contributed by atoms with van der Waals surface area (Å²) in [7, 11) is 0. The highest BCUT2D eigenvalue weighted by Gasteiger charge is 2.48. The quantitative estimate of drug-likeness (QED) is 0.896. The van der Waals surface area contributed by atoms with Crippen molar-refractivity contribution in [1.82, 2.24) is 0 Å². The minimum atomic E-state index is -5.02. The van der Waals surface area contributed by atoms with Crippen molar-refractivity contribution in [2.24, 2.45) is 0 Å². The smallest absolute Gasteiger partial charge is 0.471 e. The maximum atomic E-state index is 12.6. The predicted octanol–water partition coefficient (Wildman–Crippen LogP) is 1.98. The predicted molar refractivity (Wildman–Crippen MR) is 59.7 cm³/mol. The molecule has 1 atom stereocenters. The molecule has 102 valence electrons. The van der Waals surface area contributed by atoms with E-state index >= 15 is 0 Å². The Kier molecular flexibility index (Phi) is 3.21. The minimum Gasteiger partial charge on any atom is -0.481 e. The van der Waals surface area contributed by atoms with Crippen LogP contribution in [-0.2, 0) is 16.0 Å². The first-order valence-corrected chi connectivity index (χ1v) is 5.51. The Morgan fingerprint density at radius 1 is 1.32 bits per heavy atom. The van der Waals surface area contributed by atoms with Crippen molar-refractivity contribution >= 4 is 17.6 Å². The molecule has 0 spiro atoms. The van der Waals surface area contributed by atoms with Gasteiger partial charge in [-0.3, -0.25) is 9.59 Å². The van der Waals surface area contributed by atoms with Gasteiger partial charge in [0, 0.05) is 5.69 Å². The molecule has 0 radical (unpaired) electrons. The molecule has 0 bridgehead atoms. The number of hydrogen-bond donors (Lipinski definition) is 1. The fourth-order valence-electron chi connectivity index (χ4n) is 2.24. The van der Waals surface area contributed by atoms with E-state index in [2.05, 4.69) is 0 Å². The molecule has 0 fully saturated rings. The van der Waals surface area contributed by atoms with Crippen LogP contribution in [0.25, 0.3) is 0 Å². The molecule has 1 amide bonds. The van der Waals surface area contributed by atoms with Crippen LogP contribution in [0.5, 0.6) is 0 Å². The van der Waals surface area contributed by atoms with Gasteiger partial charge in [0.15, 0.2) is 0 Å². The molecule has 1 aliphatic rings. The Morgan fingerprint density at radius 2 is 1.95 bits per heavy atom. The number of para-hydroxylation sites is 1. The summed E-state index contributed by atoms with van der Waals surface area (Å²) < 4.78 is 37.7. The first-order valence-electron chi connectivity index (χ1n) is 5.51. The van der Waals surface area contributed by atoms with Gasteiger partial charge in [0.2, 0.25) is 0 Å². The van der Waals surface area contributed by atoms with E-state index in [0.717, 1.165) is 0 Å². The number of hydrogen-bond acceptors (Lipinski definition) is 2. The third-order valence-electron chi connectivity index (χ3n) is 2.94. The highest BCUT2D eigenvalue weighted by atomic mass is 19.4. The van der Waals surface area contributed by atoms with Crippen LogP contribution in [0.2, 0.25) is 0 Å². The van der Waals surface area contributed by atoms with E-state index in [1.807, 2.05) is 0 Å². The fraction of sp³-hybridized carbons (Fsp3) is 0.333. The third kappa shape index (κ3) is 2.54. The molecule has 4 nitrogen and oxygen atoms in total. The second-order valence-corrected chi connectivity index (χ2v) is 4.26. The number of amides is 1. The van der Waals surface area contributed by atoms with Gasteiger partial charge in [-0.25, -0.2) is 0 Å². The number of aliphatic carboxylic acids is 1. The molecule has 0 saturated carbocycles. The van der Waals surface area contributed by atoms with Gasteiger partial charge in [-0.2, -0.15) is 13.2 Å². The Bertz CT molecular complexity index is 527. The molecule has 0 aliphatic carbocycles. The summed E-state index contributed by atoms with van der Waals surface area (Å²) in [4.78, 5) is 22.7. The average Bonchev–Trinajstić information content (AvgIpc) is 2.63. The summed E-state index contributed by atoms with van der Waals surface area (Å²) in [5, 5.41) is 8.74. The van der Waals surface area contributed by atoms with Gasteiger partial charge in [-0.05, 0) is 18.1 Å². The molecule has 1 heterocycles. The van der Waals surface area contributed by atoms with Crippen LogP contribution in [-0.4, -0.2) is 29.2 Å². The molecule has 0 saturated heterocycles. The average molecular weight is 273 g/mol. The van der Waals surface area contributed by atoms with Crippen LogP contribution in [0.4, 0.5) is 18.9 Å². The van der Waals surface area contributed by atoms with E-state index < -0.39 is 30.5 Å². The van der Waals surface area contributed by atoms with E-state index in [-0.39, 0.29) is 12.1 Å². The highest BCUT2D eigenvalue weighted by molar-refractivity contribution is 6.00. The summed E-state index contributed by atoms with van der Waals surface area (Å²) in [5.74, 6) is -3.26. The van der Waals surface area contributed by atoms with Crippen molar-refractivity contribution in [3.8, 4) is 0 Å². The molecule has 1 aromatic carbocycles. The maximum absolute atomic E-state index is 12.6. The Hall–Kier alpha value is -2.05. The summed E-state index contributed by atoms with van der Waals surface area (Å²) in [6.45, 7) is 0. The number of benzene rings is 1. The van der Waals surface area contributed by atoms with Crippen LogP contribution in [0.3, 0.4) is 0 Å². The van der Waals surface area contributed by atoms with Gasteiger partial charge in [-0.15, -0.1) is 0 Å². The molecule has 0 aromatic heterocycles. The Morgan fingerprint density at radius 3 is 2.53 bits per heavy atom. The van der Waals surface area contributed by atoms with Crippen molar-refractivity contribution < 1.29 is 27.9 Å². The number of halogens is 3. The van der Waals surface area contributed by atoms with Gasteiger partial charge in [0.05, 0.1) is 12.5 Å². The number of nitrogens with zero attached hydrogens (tertiary/aromatic N) is 1. The SMILES string of the molecule is O=C(O)C[C@@H]1Cc2ccccc2N1C(=O)C(F)(F)F. The zero-order valence-corrected chi connectivity index (χ0v) is 9.65. The Labute approximate surface area is 106 Å². The van der Waals surface area contributed by atoms with Gasteiger partial charge >= 0.3 is 18.1 Å². The van der Waals surface area contributed by atoms with Crippen LogP contribution in [0, 0.1) is 0 Å². The number of carbonyl (C=O) groups is 2. The van der Waals surface area contributed by atoms with Crippen LogP contribution in [0.1, 0.15) is 12.0 Å². The molecular weight excluding hydrogens is 263 g/mol. The molecule has 19 heavy (non-hydrogen) atoms. The van der Waals surface area contributed by atoms with Crippen molar-refractivity contribution in [3.63, 3.8) is 0 Å². The van der Waals surface area contributed by atoms with Crippen LogP contribution in [0.15, 0.2) is 24.3 Å². The van der Waals surface area contributed by atoms with E-state index in [0.29, 0.717) is 10.5 Å².